The summed E-state index contributed by atoms with van der Waals surface area (Å²) < 4.78 is 5.06. The lowest BCUT2D eigenvalue weighted by Crippen LogP contribution is -2.34. The Labute approximate surface area is 143 Å². The summed E-state index contributed by atoms with van der Waals surface area (Å²) in [4.78, 5) is 12.0. The van der Waals surface area contributed by atoms with Gasteiger partial charge < -0.3 is 10.1 Å². The Hall–Kier alpha value is -1.82. The minimum absolute atomic E-state index is 0.159. The maximum Gasteiger partial charge on any atom is 0.257 e. The second-order valence-corrected chi connectivity index (χ2v) is 5.52. The third kappa shape index (κ3) is 4.34. The lowest BCUT2D eigenvalue weighted by atomic mass is 10.2. The molecule has 0 aliphatic carbocycles. The van der Waals surface area contributed by atoms with E-state index in [-0.39, 0.29) is 11.0 Å². The highest BCUT2D eigenvalue weighted by atomic mass is 35.5. The lowest BCUT2D eigenvalue weighted by Gasteiger charge is -2.11. The normalized spacial score (nSPS) is 9.95. The molecule has 1 amide bonds. The van der Waals surface area contributed by atoms with E-state index in [0.29, 0.717) is 27.0 Å². The summed E-state index contributed by atoms with van der Waals surface area (Å²) in [5.74, 6) is 0.209. The number of carbonyl (C=O) groups excluding carboxylic acids is 1. The maximum absolute atomic E-state index is 12.0. The zero-order valence-electron chi connectivity index (χ0n) is 11.5. The summed E-state index contributed by atoms with van der Waals surface area (Å²) >= 11 is 17.0. The second-order valence-electron chi connectivity index (χ2n) is 4.27. The van der Waals surface area contributed by atoms with Crippen molar-refractivity contribution in [3.8, 4) is 5.75 Å². The van der Waals surface area contributed by atoms with Crippen LogP contribution in [0.4, 0.5) is 5.69 Å². The first-order valence-electron chi connectivity index (χ1n) is 6.21. The number of carbonyl (C=O) groups is 1. The standard InChI is InChI=1S/C15H12Cl2N2O2S/c1-21-13-6-5-11(8-12(13)17)18-15(22)19-14(20)9-3-2-4-10(16)7-9/h2-8H,1H3,(H2,18,19,20,22). The van der Waals surface area contributed by atoms with Crippen LogP contribution in [0.15, 0.2) is 42.5 Å². The molecular weight excluding hydrogens is 343 g/mol. The van der Waals surface area contributed by atoms with Crippen molar-refractivity contribution in [1.82, 2.24) is 5.32 Å². The number of nitrogens with one attached hydrogen (secondary N) is 2. The number of methoxy groups -OCH3 is 1. The van der Waals surface area contributed by atoms with Crippen molar-refractivity contribution < 1.29 is 9.53 Å². The predicted molar refractivity (Wildman–Crippen MR) is 93.1 cm³/mol. The Morgan fingerprint density at radius 1 is 1.18 bits per heavy atom. The molecule has 0 aliphatic rings. The Morgan fingerprint density at radius 3 is 2.59 bits per heavy atom. The molecule has 0 aliphatic heterocycles. The van der Waals surface area contributed by atoms with E-state index in [9.17, 15) is 4.79 Å². The van der Waals surface area contributed by atoms with Crippen LogP contribution in [0, 0.1) is 0 Å². The van der Waals surface area contributed by atoms with Crippen molar-refractivity contribution in [3.05, 3.63) is 58.1 Å². The highest BCUT2D eigenvalue weighted by molar-refractivity contribution is 7.80. The number of hydrogen-bond donors (Lipinski definition) is 2. The summed E-state index contributed by atoms with van der Waals surface area (Å²) in [6.07, 6.45) is 0. The van der Waals surface area contributed by atoms with Crippen LogP contribution in [0.25, 0.3) is 0 Å². The molecule has 0 atom stereocenters. The van der Waals surface area contributed by atoms with Gasteiger partial charge in [-0.25, -0.2) is 0 Å². The van der Waals surface area contributed by atoms with Crippen LogP contribution in [0.5, 0.6) is 5.75 Å². The van der Waals surface area contributed by atoms with Gasteiger partial charge >= 0.3 is 0 Å². The number of halogens is 2. The minimum atomic E-state index is -0.348. The fourth-order valence-corrected chi connectivity index (χ4v) is 2.37. The van der Waals surface area contributed by atoms with Gasteiger partial charge in [-0.3, -0.25) is 10.1 Å². The zero-order valence-corrected chi connectivity index (χ0v) is 13.9. The molecule has 0 spiro atoms. The van der Waals surface area contributed by atoms with E-state index in [1.807, 2.05) is 0 Å². The van der Waals surface area contributed by atoms with Crippen LogP contribution in [0.1, 0.15) is 10.4 Å². The number of benzene rings is 2. The largest absolute Gasteiger partial charge is 0.495 e. The molecule has 2 aromatic carbocycles. The van der Waals surface area contributed by atoms with Gasteiger partial charge in [0.15, 0.2) is 5.11 Å². The first kappa shape index (κ1) is 16.5. The molecule has 114 valence electrons. The predicted octanol–water partition coefficient (Wildman–Crippen LogP) is 4.13. The summed E-state index contributed by atoms with van der Waals surface area (Å²) in [6, 6.07) is 11.7. The molecule has 0 unspecified atom stereocenters. The summed E-state index contributed by atoms with van der Waals surface area (Å²) in [5.41, 5.74) is 1.06. The van der Waals surface area contributed by atoms with Gasteiger partial charge in [-0.1, -0.05) is 29.3 Å². The first-order chi connectivity index (χ1) is 10.5. The van der Waals surface area contributed by atoms with Crippen molar-refractivity contribution in [2.24, 2.45) is 0 Å². The molecule has 0 aromatic heterocycles. The van der Waals surface area contributed by atoms with Gasteiger partial charge in [0.2, 0.25) is 0 Å². The Morgan fingerprint density at radius 2 is 1.95 bits per heavy atom. The van der Waals surface area contributed by atoms with Gasteiger partial charge in [-0.2, -0.15) is 0 Å². The van der Waals surface area contributed by atoms with Crippen LogP contribution in [0.2, 0.25) is 10.0 Å². The van der Waals surface area contributed by atoms with Crippen LogP contribution in [-0.2, 0) is 0 Å². The molecular formula is C15H12Cl2N2O2S. The Kier molecular flexibility index (Phi) is 5.60. The molecule has 2 aromatic rings. The number of anilines is 1. The van der Waals surface area contributed by atoms with Crippen LogP contribution >= 0.6 is 35.4 Å². The van der Waals surface area contributed by atoms with E-state index in [4.69, 9.17) is 40.2 Å². The van der Waals surface area contributed by atoms with Crippen molar-refractivity contribution in [2.75, 3.05) is 12.4 Å². The molecule has 2 N–H and O–H groups in total. The van der Waals surface area contributed by atoms with Gasteiger partial charge in [-0.05, 0) is 48.6 Å². The average molecular weight is 355 g/mol. The Balaban J connectivity index is 2.01. The minimum Gasteiger partial charge on any atom is -0.495 e. The fraction of sp³-hybridized carbons (Fsp3) is 0.0667. The monoisotopic (exact) mass is 354 g/mol. The summed E-state index contributed by atoms with van der Waals surface area (Å²) in [7, 11) is 1.53. The highest BCUT2D eigenvalue weighted by Gasteiger charge is 2.09. The molecule has 2 rings (SSSR count). The summed E-state index contributed by atoms with van der Waals surface area (Å²) in [5, 5.41) is 6.52. The van der Waals surface area contributed by atoms with E-state index in [2.05, 4.69) is 10.6 Å². The van der Waals surface area contributed by atoms with E-state index in [0.717, 1.165) is 0 Å². The third-order valence-electron chi connectivity index (χ3n) is 2.72. The molecule has 0 saturated carbocycles. The average Bonchev–Trinajstić information content (AvgIpc) is 2.47. The lowest BCUT2D eigenvalue weighted by molar-refractivity contribution is 0.0977. The number of thiocarbonyl (C=S) groups is 1. The van der Waals surface area contributed by atoms with E-state index >= 15 is 0 Å². The second kappa shape index (κ2) is 7.45. The van der Waals surface area contributed by atoms with Gasteiger partial charge in [0.25, 0.3) is 5.91 Å². The third-order valence-corrected chi connectivity index (χ3v) is 3.46. The number of amides is 1. The van der Waals surface area contributed by atoms with Gasteiger partial charge in [0, 0.05) is 16.3 Å². The highest BCUT2D eigenvalue weighted by Crippen LogP contribution is 2.27. The number of hydrogen-bond acceptors (Lipinski definition) is 3. The van der Waals surface area contributed by atoms with E-state index < -0.39 is 0 Å². The molecule has 4 nitrogen and oxygen atoms in total. The van der Waals surface area contributed by atoms with Gasteiger partial charge in [0.1, 0.15) is 5.75 Å². The molecule has 0 fully saturated rings. The smallest absolute Gasteiger partial charge is 0.257 e. The van der Waals surface area contributed by atoms with Crippen molar-refractivity contribution in [2.45, 2.75) is 0 Å². The van der Waals surface area contributed by atoms with Crippen molar-refractivity contribution in [1.29, 1.82) is 0 Å². The summed E-state index contributed by atoms with van der Waals surface area (Å²) in [6.45, 7) is 0. The molecule has 0 radical (unpaired) electrons. The molecule has 0 heterocycles. The quantitative estimate of drug-likeness (QED) is 0.813. The van der Waals surface area contributed by atoms with Gasteiger partial charge in [-0.15, -0.1) is 0 Å². The van der Waals surface area contributed by atoms with Crippen molar-refractivity contribution >= 4 is 52.1 Å². The van der Waals surface area contributed by atoms with Crippen LogP contribution in [-0.4, -0.2) is 18.1 Å². The van der Waals surface area contributed by atoms with E-state index in [1.165, 1.54) is 7.11 Å². The van der Waals surface area contributed by atoms with Crippen LogP contribution in [0.3, 0.4) is 0 Å². The van der Waals surface area contributed by atoms with E-state index in [1.54, 1.807) is 42.5 Å². The molecule has 0 saturated heterocycles. The zero-order chi connectivity index (χ0) is 16.1. The van der Waals surface area contributed by atoms with Crippen LogP contribution < -0.4 is 15.4 Å². The maximum atomic E-state index is 12.0. The first-order valence-corrected chi connectivity index (χ1v) is 7.37. The Bertz CT molecular complexity index is 722. The van der Waals surface area contributed by atoms with Crippen molar-refractivity contribution in [3.63, 3.8) is 0 Å². The molecule has 22 heavy (non-hydrogen) atoms. The number of ether oxygens (including phenoxy) is 1. The topological polar surface area (TPSA) is 50.4 Å². The number of rotatable bonds is 3. The molecule has 7 heteroatoms. The van der Waals surface area contributed by atoms with Gasteiger partial charge in [0.05, 0.1) is 12.1 Å². The SMILES string of the molecule is COc1ccc(NC(=S)NC(=O)c2cccc(Cl)c2)cc1Cl. The molecule has 0 bridgehead atoms. The fourth-order valence-electron chi connectivity index (χ4n) is 1.71.